The Morgan fingerprint density at radius 2 is 1.33 bits per heavy atom. The summed E-state index contributed by atoms with van der Waals surface area (Å²) in [6.45, 7) is 21.3. The molecule has 0 spiro atoms. The van der Waals surface area contributed by atoms with Crippen molar-refractivity contribution >= 4 is 0 Å². The van der Waals surface area contributed by atoms with Crippen molar-refractivity contribution in [2.75, 3.05) is 13.2 Å². The number of aliphatic hydroxyl groups is 1. The van der Waals surface area contributed by atoms with E-state index in [-0.39, 0.29) is 10.9 Å². The van der Waals surface area contributed by atoms with Gasteiger partial charge in [0.25, 0.3) is 0 Å². The van der Waals surface area contributed by atoms with Gasteiger partial charge in [0.05, 0.1) is 6.61 Å². The third-order valence-corrected chi connectivity index (χ3v) is 4.28. The van der Waals surface area contributed by atoms with E-state index in [0.717, 1.165) is 25.2 Å². The van der Waals surface area contributed by atoms with Crippen molar-refractivity contribution in [1.29, 1.82) is 0 Å². The summed E-state index contributed by atoms with van der Waals surface area (Å²) in [6, 6.07) is 8.66. The topological polar surface area (TPSA) is 61.0 Å². The predicted molar refractivity (Wildman–Crippen MR) is 119 cm³/mol. The van der Waals surface area contributed by atoms with E-state index in [4.69, 9.17) is 9.84 Å². The van der Waals surface area contributed by atoms with Gasteiger partial charge in [-0.15, -0.1) is 0 Å². The molecule has 1 rings (SSSR count). The van der Waals surface area contributed by atoms with Crippen LogP contribution in [-0.2, 0) is 5.41 Å². The molecule has 0 aliphatic carbocycles. The van der Waals surface area contributed by atoms with Crippen LogP contribution in [0.25, 0.3) is 0 Å². The van der Waals surface area contributed by atoms with Crippen molar-refractivity contribution in [3.05, 3.63) is 29.8 Å². The van der Waals surface area contributed by atoms with Crippen molar-refractivity contribution in [1.82, 2.24) is 0 Å². The second kappa shape index (κ2) is 13.2. The van der Waals surface area contributed by atoms with Gasteiger partial charge in [-0.2, -0.15) is 0 Å². The summed E-state index contributed by atoms with van der Waals surface area (Å²) in [5.41, 5.74) is 1.94. The highest BCUT2D eigenvalue weighted by Crippen LogP contribution is 2.36. The minimum absolute atomic E-state index is 0. The smallest absolute Gasteiger partial charge is 0.119 e. The van der Waals surface area contributed by atoms with Gasteiger partial charge in [-0.3, -0.25) is 0 Å². The van der Waals surface area contributed by atoms with Crippen molar-refractivity contribution in [3.8, 4) is 5.75 Å². The SMILES string of the molecule is CC(C)CCO.CC(C)CCOc1ccc(C(C)(C)CC(C)(C)C)cc1.O. The molecule has 0 saturated carbocycles. The first kappa shape index (κ1) is 28.2. The van der Waals surface area contributed by atoms with Gasteiger partial charge in [0.2, 0.25) is 0 Å². The summed E-state index contributed by atoms with van der Waals surface area (Å²) < 4.78 is 5.79. The van der Waals surface area contributed by atoms with Crippen LogP contribution in [0.3, 0.4) is 0 Å². The quantitative estimate of drug-likeness (QED) is 0.597. The van der Waals surface area contributed by atoms with Crippen LogP contribution < -0.4 is 4.74 Å². The summed E-state index contributed by atoms with van der Waals surface area (Å²) in [5.74, 6) is 2.33. The van der Waals surface area contributed by atoms with E-state index in [1.165, 1.54) is 12.0 Å². The van der Waals surface area contributed by atoms with Crippen molar-refractivity contribution in [2.24, 2.45) is 17.3 Å². The second-order valence-electron chi connectivity index (χ2n) is 10.1. The maximum atomic E-state index is 8.24. The Hall–Kier alpha value is -1.06. The van der Waals surface area contributed by atoms with Crippen LogP contribution in [0, 0.1) is 17.3 Å². The Balaban J connectivity index is 0. The molecule has 0 radical (unpaired) electrons. The first-order valence-corrected chi connectivity index (χ1v) is 10.2. The van der Waals surface area contributed by atoms with E-state index in [2.05, 4.69) is 86.6 Å². The molecule has 0 atom stereocenters. The van der Waals surface area contributed by atoms with Crippen molar-refractivity contribution in [2.45, 2.75) is 87.0 Å². The lowest BCUT2D eigenvalue weighted by Gasteiger charge is -2.33. The largest absolute Gasteiger partial charge is 0.494 e. The van der Waals surface area contributed by atoms with Crippen LogP contribution in [-0.4, -0.2) is 23.8 Å². The summed E-state index contributed by atoms with van der Waals surface area (Å²) >= 11 is 0. The Bertz CT molecular complexity index is 467. The maximum absolute atomic E-state index is 8.24. The number of ether oxygens (including phenoxy) is 1. The highest BCUT2D eigenvalue weighted by molar-refractivity contribution is 5.31. The molecule has 0 amide bonds. The van der Waals surface area contributed by atoms with Gasteiger partial charge in [0, 0.05) is 6.61 Å². The summed E-state index contributed by atoms with van der Waals surface area (Å²) in [5, 5.41) is 8.24. The summed E-state index contributed by atoms with van der Waals surface area (Å²) in [4.78, 5) is 0. The molecule has 1 aromatic carbocycles. The second-order valence-corrected chi connectivity index (χ2v) is 10.1. The third-order valence-electron chi connectivity index (χ3n) is 4.28. The molecule has 0 heterocycles. The maximum Gasteiger partial charge on any atom is 0.119 e. The first-order chi connectivity index (χ1) is 11.9. The van der Waals surface area contributed by atoms with Gasteiger partial charge in [-0.05, 0) is 59.6 Å². The van der Waals surface area contributed by atoms with Crippen LogP contribution in [0.4, 0.5) is 0 Å². The van der Waals surface area contributed by atoms with Crippen LogP contribution in [0.2, 0.25) is 0 Å². The standard InChI is InChI=1S/C19H32O.C5H12O.H2O/c1-15(2)12-13-20-17-10-8-16(9-11-17)19(6,7)14-18(3,4)5;1-5(2)3-4-6;/h8-11,15H,12-14H2,1-7H3;5-6H,3-4H2,1-2H3;1H2. The van der Waals surface area contributed by atoms with Crippen LogP contribution in [0.1, 0.15) is 87.1 Å². The molecular formula is C24H46O3. The zero-order valence-electron chi connectivity index (χ0n) is 19.4. The molecule has 0 fully saturated rings. The Labute approximate surface area is 168 Å². The lowest BCUT2D eigenvalue weighted by molar-refractivity contribution is 0.268. The fraction of sp³-hybridized carbons (Fsp3) is 0.750. The van der Waals surface area contributed by atoms with E-state index in [0.29, 0.717) is 23.9 Å². The van der Waals surface area contributed by atoms with E-state index >= 15 is 0 Å². The molecular weight excluding hydrogens is 336 g/mol. The number of rotatable bonds is 8. The van der Waals surface area contributed by atoms with Crippen LogP contribution in [0.15, 0.2) is 24.3 Å². The van der Waals surface area contributed by atoms with Gasteiger partial charge in [0.1, 0.15) is 5.75 Å². The zero-order valence-corrected chi connectivity index (χ0v) is 19.4. The molecule has 27 heavy (non-hydrogen) atoms. The van der Waals surface area contributed by atoms with E-state index < -0.39 is 0 Å². The highest BCUT2D eigenvalue weighted by atomic mass is 16.5. The molecule has 0 saturated heterocycles. The number of aliphatic hydroxyl groups excluding tert-OH is 1. The normalized spacial score (nSPS) is 11.7. The van der Waals surface area contributed by atoms with Crippen molar-refractivity contribution < 1.29 is 15.3 Å². The Morgan fingerprint density at radius 3 is 1.67 bits per heavy atom. The fourth-order valence-corrected chi connectivity index (χ4v) is 3.10. The van der Waals surface area contributed by atoms with Crippen LogP contribution in [0.5, 0.6) is 5.75 Å². The number of hydrogen-bond donors (Lipinski definition) is 1. The average Bonchev–Trinajstić information content (AvgIpc) is 2.45. The third kappa shape index (κ3) is 14.6. The van der Waals surface area contributed by atoms with E-state index in [1.807, 2.05) is 0 Å². The number of benzene rings is 1. The van der Waals surface area contributed by atoms with Crippen LogP contribution >= 0.6 is 0 Å². The number of hydrogen-bond acceptors (Lipinski definition) is 2. The molecule has 160 valence electrons. The summed E-state index contributed by atoms with van der Waals surface area (Å²) in [7, 11) is 0. The van der Waals surface area contributed by atoms with Crippen molar-refractivity contribution in [3.63, 3.8) is 0 Å². The van der Waals surface area contributed by atoms with Gasteiger partial charge < -0.3 is 15.3 Å². The summed E-state index contributed by atoms with van der Waals surface area (Å²) in [6.07, 6.45) is 3.21. The Kier molecular flexibility index (Phi) is 13.7. The lowest BCUT2D eigenvalue weighted by Crippen LogP contribution is -2.24. The molecule has 3 nitrogen and oxygen atoms in total. The predicted octanol–water partition coefficient (Wildman–Crippen LogP) is 6.03. The minimum Gasteiger partial charge on any atom is -0.494 e. The monoisotopic (exact) mass is 382 g/mol. The van der Waals surface area contributed by atoms with E-state index in [9.17, 15) is 0 Å². The zero-order chi connectivity index (χ0) is 20.4. The molecule has 0 unspecified atom stereocenters. The molecule has 0 aliphatic rings. The fourth-order valence-electron chi connectivity index (χ4n) is 3.10. The molecule has 0 aromatic heterocycles. The highest BCUT2D eigenvalue weighted by Gasteiger charge is 2.27. The Morgan fingerprint density at radius 1 is 0.852 bits per heavy atom. The van der Waals surface area contributed by atoms with Gasteiger partial charge in [-0.1, -0.05) is 74.4 Å². The minimum atomic E-state index is 0. The van der Waals surface area contributed by atoms with Gasteiger partial charge in [0.15, 0.2) is 0 Å². The lowest BCUT2D eigenvalue weighted by atomic mass is 9.72. The average molecular weight is 383 g/mol. The molecule has 0 aliphatic heterocycles. The first-order valence-electron chi connectivity index (χ1n) is 10.2. The van der Waals surface area contributed by atoms with Gasteiger partial charge in [-0.25, -0.2) is 0 Å². The molecule has 3 N–H and O–H groups in total. The van der Waals surface area contributed by atoms with Gasteiger partial charge >= 0.3 is 0 Å². The molecule has 3 heteroatoms. The molecule has 0 bridgehead atoms. The molecule has 1 aromatic rings. The van der Waals surface area contributed by atoms with E-state index in [1.54, 1.807) is 0 Å².